The summed E-state index contributed by atoms with van der Waals surface area (Å²) in [5.41, 5.74) is 1.47. The fraction of sp³-hybridized carbons (Fsp3) is 0.250. The molecule has 7 nitrogen and oxygen atoms in total. The van der Waals surface area contributed by atoms with Gasteiger partial charge in [-0.15, -0.1) is 23.1 Å². The summed E-state index contributed by atoms with van der Waals surface area (Å²) in [6, 6.07) is 16.7. The Bertz CT molecular complexity index is 1190. The summed E-state index contributed by atoms with van der Waals surface area (Å²) in [5.74, 6) is -0.567. The van der Waals surface area contributed by atoms with Crippen LogP contribution in [-0.4, -0.2) is 32.2 Å². The number of thioether (sulfide) groups is 1. The van der Waals surface area contributed by atoms with Crippen LogP contribution in [0, 0.1) is 0 Å². The third-order valence-corrected chi connectivity index (χ3v) is 8.56. The highest BCUT2D eigenvalue weighted by molar-refractivity contribution is 8.00. The molecule has 1 aromatic heterocycles. The zero-order valence-electron chi connectivity index (χ0n) is 18.8. The molecule has 0 saturated carbocycles. The van der Waals surface area contributed by atoms with Crippen LogP contribution in [0.5, 0.6) is 0 Å². The average molecular weight is 519 g/mol. The Morgan fingerprint density at radius 2 is 1.71 bits per heavy atom. The van der Waals surface area contributed by atoms with E-state index >= 15 is 0 Å². The number of anilines is 2. The number of hydrogen-bond donors (Lipinski definition) is 2. The van der Waals surface area contributed by atoms with Gasteiger partial charge >= 0.3 is 5.97 Å². The number of carbonyl (C=O) groups is 2. The van der Waals surface area contributed by atoms with E-state index in [1.54, 1.807) is 73.0 Å². The minimum Gasteiger partial charge on any atom is -0.462 e. The lowest BCUT2D eigenvalue weighted by Crippen LogP contribution is -2.22. The van der Waals surface area contributed by atoms with Gasteiger partial charge in [-0.2, -0.15) is 0 Å². The van der Waals surface area contributed by atoms with E-state index in [1.807, 2.05) is 6.92 Å². The summed E-state index contributed by atoms with van der Waals surface area (Å²) in [4.78, 5) is 25.4. The molecule has 1 unspecified atom stereocenters. The van der Waals surface area contributed by atoms with Crippen LogP contribution < -0.4 is 10.0 Å². The van der Waals surface area contributed by atoms with Crippen LogP contribution in [-0.2, 0) is 19.6 Å². The molecular formula is C24H26N2O5S3. The van der Waals surface area contributed by atoms with E-state index in [0.717, 1.165) is 29.1 Å². The molecule has 0 spiro atoms. The number of carbonyl (C=O) groups excluding carboxylic acids is 2. The summed E-state index contributed by atoms with van der Waals surface area (Å²) in [7, 11) is -3.60. The van der Waals surface area contributed by atoms with Crippen molar-refractivity contribution in [1.82, 2.24) is 0 Å². The molecule has 2 aromatic carbocycles. The van der Waals surface area contributed by atoms with Gasteiger partial charge < -0.3 is 10.1 Å². The third-order valence-electron chi connectivity index (χ3n) is 4.67. The number of ether oxygens (including phenoxy) is 1. The van der Waals surface area contributed by atoms with Crippen molar-refractivity contribution < 1.29 is 22.7 Å². The number of thiophene rings is 1. The number of rotatable bonds is 11. The van der Waals surface area contributed by atoms with Gasteiger partial charge in [0.15, 0.2) is 0 Å². The fourth-order valence-corrected chi connectivity index (χ4v) is 5.73. The summed E-state index contributed by atoms with van der Waals surface area (Å²) in [6.45, 7) is 4.20. The molecule has 0 saturated heterocycles. The topological polar surface area (TPSA) is 102 Å². The lowest BCUT2D eigenvalue weighted by molar-refractivity contribution is -0.115. The summed E-state index contributed by atoms with van der Waals surface area (Å²) in [5, 5.41) is 4.15. The van der Waals surface area contributed by atoms with Crippen LogP contribution in [0.25, 0.3) is 0 Å². The predicted molar refractivity (Wildman–Crippen MR) is 137 cm³/mol. The fourth-order valence-electron chi connectivity index (χ4n) is 2.81. The van der Waals surface area contributed by atoms with Crippen molar-refractivity contribution >= 4 is 56.4 Å². The molecule has 3 rings (SSSR count). The van der Waals surface area contributed by atoms with Crippen LogP contribution in [0.15, 0.2) is 75.1 Å². The Hall–Kier alpha value is -2.82. The van der Waals surface area contributed by atoms with Crippen molar-refractivity contribution in [3.05, 3.63) is 71.6 Å². The highest BCUT2D eigenvalue weighted by atomic mass is 32.2. The SMILES string of the molecule is CCCCOC(=O)c1ccc(NC(=O)C(C)Sc2ccc(NS(=O)(=O)c3cccs3)cc2)cc1. The molecular weight excluding hydrogens is 492 g/mol. The van der Waals surface area contributed by atoms with Crippen molar-refractivity contribution in [3.8, 4) is 0 Å². The summed E-state index contributed by atoms with van der Waals surface area (Å²) < 4.78 is 32.6. The Kier molecular flexibility index (Phi) is 9.14. The summed E-state index contributed by atoms with van der Waals surface area (Å²) in [6.07, 6.45) is 1.77. The highest BCUT2D eigenvalue weighted by Gasteiger charge is 2.17. The van der Waals surface area contributed by atoms with Crippen LogP contribution >= 0.6 is 23.1 Å². The molecule has 0 aliphatic rings. The Balaban J connectivity index is 1.52. The Labute approximate surface area is 208 Å². The number of esters is 1. The van der Waals surface area contributed by atoms with E-state index in [9.17, 15) is 18.0 Å². The molecule has 1 amide bonds. The van der Waals surface area contributed by atoms with Gasteiger partial charge in [-0.05, 0) is 73.3 Å². The third kappa shape index (κ3) is 7.34. The minimum absolute atomic E-state index is 0.189. The van der Waals surface area contributed by atoms with E-state index in [4.69, 9.17) is 4.74 Å². The number of unbranched alkanes of at least 4 members (excludes halogenated alkanes) is 1. The van der Waals surface area contributed by atoms with Gasteiger partial charge in [-0.3, -0.25) is 9.52 Å². The molecule has 0 aliphatic carbocycles. The van der Waals surface area contributed by atoms with Crippen molar-refractivity contribution in [1.29, 1.82) is 0 Å². The standard InChI is InChI=1S/C24H26N2O5S3/c1-3-4-15-31-24(28)18-7-9-19(10-8-18)25-23(27)17(2)33-21-13-11-20(12-14-21)26-34(29,30)22-6-5-16-32-22/h5-14,16-17,26H,3-4,15H2,1-2H3,(H,25,27). The predicted octanol–water partition coefficient (Wildman–Crippen LogP) is 5.63. The molecule has 0 aliphatic heterocycles. The molecule has 0 bridgehead atoms. The van der Waals surface area contributed by atoms with Crippen molar-refractivity contribution in [2.75, 3.05) is 16.6 Å². The monoisotopic (exact) mass is 518 g/mol. The molecule has 1 atom stereocenters. The molecule has 1 heterocycles. The van der Waals surface area contributed by atoms with Gasteiger partial charge in [0.05, 0.1) is 17.4 Å². The molecule has 0 fully saturated rings. The van der Waals surface area contributed by atoms with Crippen LogP contribution in [0.1, 0.15) is 37.0 Å². The zero-order chi connectivity index (χ0) is 24.6. The van der Waals surface area contributed by atoms with E-state index in [0.29, 0.717) is 23.5 Å². The Morgan fingerprint density at radius 3 is 2.32 bits per heavy atom. The number of nitrogens with one attached hydrogen (secondary N) is 2. The molecule has 10 heteroatoms. The molecule has 3 aromatic rings. The molecule has 180 valence electrons. The molecule has 34 heavy (non-hydrogen) atoms. The lowest BCUT2D eigenvalue weighted by atomic mass is 10.2. The van der Waals surface area contributed by atoms with E-state index in [2.05, 4.69) is 10.0 Å². The first-order chi connectivity index (χ1) is 16.3. The number of hydrogen-bond acceptors (Lipinski definition) is 7. The van der Waals surface area contributed by atoms with Crippen molar-refractivity contribution in [3.63, 3.8) is 0 Å². The van der Waals surface area contributed by atoms with Gasteiger partial charge in [0.2, 0.25) is 5.91 Å². The first kappa shape index (κ1) is 25.8. The number of benzene rings is 2. The molecule has 0 radical (unpaired) electrons. The average Bonchev–Trinajstić information content (AvgIpc) is 3.37. The lowest BCUT2D eigenvalue weighted by Gasteiger charge is -2.13. The maximum absolute atomic E-state index is 12.6. The Morgan fingerprint density at radius 1 is 1.03 bits per heavy atom. The van der Waals surface area contributed by atoms with Crippen LogP contribution in [0.4, 0.5) is 11.4 Å². The zero-order valence-corrected chi connectivity index (χ0v) is 21.3. The van der Waals surface area contributed by atoms with E-state index in [-0.39, 0.29) is 16.1 Å². The first-order valence-corrected chi connectivity index (χ1v) is 13.9. The normalized spacial score (nSPS) is 12.1. The smallest absolute Gasteiger partial charge is 0.338 e. The number of sulfonamides is 1. The van der Waals surface area contributed by atoms with E-state index in [1.165, 1.54) is 11.8 Å². The maximum atomic E-state index is 12.6. The van der Waals surface area contributed by atoms with Gasteiger partial charge in [0.1, 0.15) is 4.21 Å². The minimum atomic E-state index is -3.60. The first-order valence-electron chi connectivity index (χ1n) is 10.7. The second kappa shape index (κ2) is 12.0. The maximum Gasteiger partial charge on any atom is 0.338 e. The van der Waals surface area contributed by atoms with Crippen LogP contribution in [0.2, 0.25) is 0 Å². The van der Waals surface area contributed by atoms with Crippen LogP contribution in [0.3, 0.4) is 0 Å². The second-order valence-corrected chi connectivity index (χ2v) is 11.6. The largest absolute Gasteiger partial charge is 0.462 e. The van der Waals surface area contributed by atoms with Crippen molar-refractivity contribution in [2.45, 2.75) is 41.0 Å². The second-order valence-electron chi connectivity index (χ2n) is 7.38. The summed E-state index contributed by atoms with van der Waals surface area (Å²) >= 11 is 2.50. The van der Waals surface area contributed by atoms with Gasteiger partial charge in [-0.1, -0.05) is 19.4 Å². The van der Waals surface area contributed by atoms with E-state index < -0.39 is 15.3 Å². The molecule has 2 N–H and O–H groups in total. The quantitative estimate of drug-likeness (QED) is 0.194. The van der Waals surface area contributed by atoms with Gasteiger partial charge in [0.25, 0.3) is 10.0 Å². The van der Waals surface area contributed by atoms with Crippen molar-refractivity contribution in [2.24, 2.45) is 0 Å². The highest BCUT2D eigenvalue weighted by Crippen LogP contribution is 2.27. The number of amides is 1. The van der Waals surface area contributed by atoms with Gasteiger partial charge in [0, 0.05) is 16.3 Å². The van der Waals surface area contributed by atoms with Gasteiger partial charge in [-0.25, -0.2) is 13.2 Å².